The third-order valence-electron chi connectivity index (χ3n) is 6.82. The van der Waals surface area contributed by atoms with E-state index >= 15 is 0 Å². The van der Waals surface area contributed by atoms with Gasteiger partial charge >= 0.3 is 5.91 Å². The molecular weight excluding hydrogens is 482 g/mol. The number of rotatable bonds is 7. The first-order chi connectivity index (χ1) is 17.4. The van der Waals surface area contributed by atoms with Crippen LogP contribution in [0, 0.1) is 5.92 Å². The molecule has 2 aliphatic rings. The van der Waals surface area contributed by atoms with Crippen molar-refractivity contribution in [3.05, 3.63) is 53.4 Å². The van der Waals surface area contributed by atoms with Gasteiger partial charge in [0, 0.05) is 47.9 Å². The van der Waals surface area contributed by atoms with Crippen LogP contribution in [0.3, 0.4) is 0 Å². The van der Waals surface area contributed by atoms with Gasteiger partial charge in [0.15, 0.2) is 5.58 Å². The minimum absolute atomic E-state index is 0.00908. The van der Waals surface area contributed by atoms with E-state index < -0.39 is 5.91 Å². The molecule has 188 valence electrons. The van der Waals surface area contributed by atoms with Crippen LogP contribution in [0.4, 0.5) is 11.4 Å². The number of hydrogen-bond donors (Lipinski definition) is 2. The van der Waals surface area contributed by atoms with E-state index in [2.05, 4.69) is 20.5 Å². The lowest BCUT2D eigenvalue weighted by molar-refractivity contribution is -0.120. The molecule has 0 radical (unpaired) electrons. The highest BCUT2D eigenvalue weighted by molar-refractivity contribution is 6.31. The van der Waals surface area contributed by atoms with Gasteiger partial charge in [-0.15, -0.1) is 0 Å². The van der Waals surface area contributed by atoms with Crippen molar-refractivity contribution >= 4 is 51.8 Å². The monoisotopic (exact) mass is 509 g/mol. The zero-order valence-corrected chi connectivity index (χ0v) is 20.8. The minimum Gasteiger partial charge on any atom is -0.432 e. The molecule has 2 atom stereocenters. The van der Waals surface area contributed by atoms with Gasteiger partial charge in [-0.05, 0) is 69.3 Å². The summed E-state index contributed by atoms with van der Waals surface area (Å²) in [5.41, 5.74) is 2.46. The van der Waals surface area contributed by atoms with Gasteiger partial charge in [0.1, 0.15) is 5.52 Å². The summed E-state index contributed by atoms with van der Waals surface area (Å²) in [6.07, 6.45) is 2.59. The van der Waals surface area contributed by atoms with E-state index in [4.69, 9.17) is 16.0 Å². The Bertz CT molecular complexity index is 1290. The maximum atomic E-state index is 12.6. The molecule has 5 rings (SSSR count). The summed E-state index contributed by atoms with van der Waals surface area (Å²) in [7, 11) is 0. The van der Waals surface area contributed by atoms with Gasteiger partial charge in [-0.3, -0.25) is 19.3 Å². The van der Waals surface area contributed by atoms with Gasteiger partial charge in [-0.2, -0.15) is 0 Å². The fourth-order valence-corrected chi connectivity index (χ4v) is 4.90. The SMILES string of the molecule is CC(C(=O)Nc1ccc(N2CC(CNC(=O)c3nc4ccc(Cl)cc4o3)CC2=O)cc1)N1CCCC1. The lowest BCUT2D eigenvalue weighted by Crippen LogP contribution is -2.40. The van der Waals surface area contributed by atoms with Gasteiger partial charge in [-0.25, -0.2) is 4.98 Å². The number of benzene rings is 2. The van der Waals surface area contributed by atoms with Crippen LogP contribution >= 0.6 is 11.6 Å². The molecule has 1 aromatic heterocycles. The third-order valence-corrected chi connectivity index (χ3v) is 7.05. The van der Waals surface area contributed by atoms with Gasteiger partial charge in [0.05, 0.1) is 6.04 Å². The van der Waals surface area contributed by atoms with Crippen LogP contribution in [-0.4, -0.2) is 59.8 Å². The summed E-state index contributed by atoms with van der Waals surface area (Å²) in [5, 5.41) is 6.28. The molecule has 2 aliphatic heterocycles. The second-order valence-electron chi connectivity index (χ2n) is 9.37. The van der Waals surface area contributed by atoms with E-state index in [1.807, 2.05) is 31.2 Å². The number of fused-ring (bicyclic) bond motifs is 1. The van der Waals surface area contributed by atoms with E-state index in [1.54, 1.807) is 23.1 Å². The molecule has 10 heteroatoms. The molecule has 2 aromatic carbocycles. The average Bonchev–Trinajstić information content (AvgIpc) is 3.62. The second kappa shape index (κ2) is 10.3. The van der Waals surface area contributed by atoms with Crippen molar-refractivity contribution < 1.29 is 18.8 Å². The first-order valence-electron chi connectivity index (χ1n) is 12.2. The molecule has 3 amide bonds. The first kappa shape index (κ1) is 24.3. The van der Waals surface area contributed by atoms with Crippen LogP contribution < -0.4 is 15.5 Å². The highest BCUT2D eigenvalue weighted by Gasteiger charge is 2.31. The molecule has 3 aromatic rings. The molecule has 2 unspecified atom stereocenters. The molecule has 0 spiro atoms. The van der Waals surface area contributed by atoms with Crippen LogP contribution in [0.1, 0.15) is 36.9 Å². The van der Waals surface area contributed by atoms with Crippen LogP contribution in [0.25, 0.3) is 11.1 Å². The first-order valence-corrected chi connectivity index (χ1v) is 12.5. The number of hydrogen-bond acceptors (Lipinski definition) is 6. The van der Waals surface area contributed by atoms with Crippen LogP contribution in [0.5, 0.6) is 0 Å². The Labute approximate surface area is 213 Å². The Morgan fingerprint density at radius 3 is 2.67 bits per heavy atom. The quantitative estimate of drug-likeness (QED) is 0.503. The fraction of sp³-hybridized carbons (Fsp3) is 0.385. The van der Waals surface area contributed by atoms with Crippen molar-refractivity contribution in [1.82, 2.24) is 15.2 Å². The number of amides is 3. The van der Waals surface area contributed by atoms with Crippen molar-refractivity contribution in [3.63, 3.8) is 0 Å². The predicted octanol–water partition coefficient (Wildman–Crippen LogP) is 3.69. The van der Waals surface area contributed by atoms with Gasteiger partial charge in [0.25, 0.3) is 5.89 Å². The fourth-order valence-electron chi connectivity index (χ4n) is 4.74. The maximum Gasteiger partial charge on any atom is 0.307 e. The molecule has 0 bridgehead atoms. The lowest BCUT2D eigenvalue weighted by atomic mass is 10.1. The summed E-state index contributed by atoms with van der Waals surface area (Å²) >= 11 is 5.96. The number of nitrogens with one attached hydrogen (secondary N) is 2. The number of aromatic nitrogens is 1. The van der Waals surface area contributed by atoms with Crippen molar-refractivity contribution in [1.29, 1.82) is 0 Å². The molecular formula is C26H28ClN5O4. The van der Waals surface area contributed by atoms with E-state index in [-0.39, 0.29) is 29.7 Å². The van der Waals surface area contributed by atoms with E-state index in [9.17, 15) is 14.4 Å². The minimum atomic E-state index is -0.434. The Kier molecular flexibility index (Phi) is 6.93. The number of halogens is 1. The summed E-state index contributed by atoms with van der Waals surface area (Å²) in [4.78, 5) is 45.8. The predicted molar refractivity (Wildman–Crippen MR) is 137 cm³/mol. The second-order valence-corrected chi connectivity index (χ2v) is 9.81. The van der Waals surface area contributed by atoms with Gasteiger partial charge in [-0.1, -0.05) is 11.6 Å². The standard InChI is InChI=1S/C26H28ClN5O4/c1-16(31-10-2-3-11-31)24(34)29-19-5-7-20(8-6-19)32-15-17(12-23(32)33)14-28-25(35)26-30-21-9-4-18(27)13-22(21)36-26/h4-9,13,16-17H,2-3,10-12,14-15H2,1H3,(H,28,35)(H,29,34). The van der Waals surface area contributed by atoms with Gasteiger partial charge in [0.2, 0.25) is 11.8 Å². The topological polar surface area (TPSA) is 108 Å². The van der Waals surface area contributed by atoms with Crippen molar-refractivity contribution in [2.75, 3.05) is 36.4 Å². The maximum absolute atomic E-state index is 12.6. The Balaban J connectivity index is 1.14. The molecule has 36 heavy (non-hydrogen) atoms. The highest BCUT2D eigenvalue weighted by atomic mass is 35.5. The van der Waals surface area contributed by atoms with Crippen LogP contribution in [0.15, 0.2) is 46.9 Å². The Hall–Kier alpha value is -3.43. The van der Waals surface area contributed by atoms with E-state index in [0.717, 1.165) is 31.6 Å². The largest absolute Gasteiger partial charge is 0.432 e. The Morgan fingerprint density at radius 2 is 1.92 bits per heavy atom. The smallest absolute Gasteiger partial charge is 0.307 e. The summed E-state index contributed by atoms with van der Waals surface area (Å²) in [6, 6.07) is 12.1. The summed E-state index contributed by atoms with van der Waals surface area (Å²) in [5.74, 6) is -0.549. The molecule has 2 N–H and O–H groups in total. The van der Waals surface area contributed by atoms with E-state index in [1.165, 1.54) is 0 Å². The summed E-state index contributed by atoms with van der Waals surface area (Å²) < 4.78 is 5.50. The normalized spacial score (nSPS) is 19.1. The number of carbonyl (C=O) groups excluding carboxylic acids is 3. The van der Waals surface area contributed by atoms with Crippen LogP contribution in [-0.2, 0) is 9.59 Å². The summed E-state index contributed by atoms with van der Waals surface area (Å²) in [6.45, 7) is 4.64. The highest BCUT2D eigenvalue weighted by Crippen LogP contribution is 2.27. The number of likely N-dealkylation sites (tertiary alicyclic amines) is 1. The number of anilines is 2. The van der Waals surface area contributed by atoms with Crippen molar-refractivity contribution in [2.24, 2.45) is 5.92 Å². The van der Waals surface area contributed by atoms with E-state index in [0.29, 0.717) is 41.3 Å². The Morgan fingerprint density at radius 1 is 1.17 bits per heavy atom. The average molecular weight is 510 g/mol. The van der Waals surface area contributed by atoms with Gasteiger partial charge < -0.3 is 20.0 Å². The number of carbonyl (C=O) groups is 3. The molecule has 9 nitrogen and oxygen atoms in total. The number of nitrogens with zero attached hydrogens (tertiary/aromatic N) is 3. The molecule has 0 aliphatic carbocycles. The van der Waals surface area contributed by atoms with Crippen molar-refractivity contribution in [2.45, 2.75) is 32.2 Å². The van der Waals surface area contributed by atoms with Crippen molar-refractivity contribution in [3.8, 4) is 0 Å². The molecule has 2 fully saturated rings. The number of oxazole rings is 1. The third kappa shape index (κ3) is 5.22. The lowest BCUT2D eigenvalue weighted by Gasteiger charge is -2.23. The van der Waals surface area contributed by atoms with Crippen LogP contribution in [0.2, 0.25) is 5.02 Å². The molecule has 0 saturated carbocycles. The zero-order chi connectivity index (χ0) is 25.2. The zero-order valence-electron chi connectivity index (χ0n) is 20.0. The molecule has 2 saturated heterocycles. The molecule has 3 heterocycles.